The molecule has 0 unspecified atom stereocenters. The summed E-state index contributed by atoms with van der Waals surface area (Å²) in [6.45, 7) is 43.1. The van der Waals surface area contributed by atoms with E-state index in [1.165, 1.54) is 117 Å². The van der Waals surface area contributed by atoms with E-state index in [4.69, 9.17) is 0 Å². The summed E-state index contributed by atoms with van der Waals surface area (Å²) in [6, 6.07) is 58.2. The minimum absolute atomic E-state index is 0.0215. The predicted octanol–water partition coefficient (Wildman–Crippen LogP) is 19.1. The van der Waals surface area contributed by atoms with Crippen LogP contribution in [-0.4, -0.2) is 6.71 Å². The maximum Gasteiger partial charge on any atom is 0.252 e. The SMILES string of the molecule is Cc1cc2c3c(c1)N(c1cc4c(cc1C)C(C)(C)CC4(C)C)c1cc4c(cc1B3c1ccc(N(c3ccc(C(C)(C)C)cc3)c3ccc(C(C)(C)C)cc3)cc1N2c1ccc2c(c1)-c1ccccc1C2(C)C)C(C)(C)CCC4(C)C. The molecule has 8 aromatic carbocycles. The first-order valence-corrected chi connectivity index (χ1v) is 30.0. The molecule has 0 aromatic heterocycles. The van der Waals surface area contributed by atoms with Crippen molar-refractivity contribution in [2.45, 2.75) is 182 Å². The molecule has 2 aliphatic heterocycles. The predicted molar refractivity (Wildman–Crippen MR) is 346 cm³/mol. The topological polar surface area (TPSA) is 9.72 Å². The van der Waals surface area contributed by atoms with Gasteiger partial charge in [-0.15, -0.1) is 0 Å². The first-order valence-electron chi connectivity index (χ1n) is 30.0. The van der Waals surface area contributed by atoms with Crippen molar-refractivity contribution in [2.24, 2.45) is 0 Å². The van der Waals surface area contributed by atoms with E-state index in [2.05, 4.69) is 285 Å². The third-order valence-electron chi connectivity index (χ3n) is 20.2. The van der Waals surface area contributed by atoms with Crippen LogP contribution in [0.25, 0.3) is 11.1 Å². The highest BCUT2D eigenvalue weighted by Gasteiger charge is 2.49. The number of hydrogen-bond donors (Lipinski definition) is 0. The normalized spacial score (nSPS) is 18.1. The minimum atomic E-state index is -0.111. The standard InChI is InChI=1S/C76H84BN3/c1-46-37-67-69-68(38-46)80(64-43-61-58(39-47(64)2)74(13,14)45-75(61,15)16)66-44-60-59(72(9,10)35-36-73(60,11)12)42-63(66)77(69)62-34-32-53(41-65(62)79(67)52-31-33-57-55(40-52)54-21-19-20-22-56(54)76(57,17)18)78(50-27-23-48(24-28-50)70(3,4)5)51-29-25-49(26-30-51)71(6,7)8/h19-34,37-44H,35-36,45H2,1-18H3. The molecule has 13 rings (SSSR count). The van der Waals surface area contributed by atoms with Crippen LogP contribution in [0.1, 0.15) is 186 Å². The summed E-state index contributed by atoms with van der Waals surface area (Å²) in [5.41, 5.74) is 31.9. The van der Waals surface area contributed by atoms with E-state index in [0.29, 0.717) is 0 Å². The van der Waals surface area contributed by atoms with Gasteiger partial charge in [0.1, 0.15) is 0 Å². The number of aryl methyl sites for hydroxylation is 2. The molecule has 0 amide bonds. The highest BCUT2D eigenvalue weighted by atomic mass is 15.2. The van der Waals surface area contributed by atoms with Crippen LogP contribution >= 0.6 is 0 Å². The van der Waals surface area contributed by atoms with Gasteiger partial charge in [-0.05, 0) is 222 Å². The van der Waals surface area contributed by atoms with Gasteiger partial charge in [-0.25, -0.2) is 0 Å². The molecular weight excluding hydrogens is 966 g/mol. The molecule has 80 heavy (non-hydrogen) atoms. The average Bonchev–Trinajstić information content (AvgIpc) is 3.73. The monoisotopic (exact) mass is 1050 g/mol. The summed E-state index contributed by atoms with van der Waals surface area (Å²) in [4.78, 5) is 7.89. The van der Waals surface area contributed by atoms with Crippen LogP contribution in [0.5, 0.6) is 0 Å². The number of rotatable bonds is 5. The molecule has 406 valence electrons. The quantitative estimate of drug-likeness (QED) is 0.159. The van der Waals surface area contributed by atoms with Gasteiger partial charge in [-0.1, -0.05) is 184 Å². The Balaban J connectivity index is 1.12. The third kappa shape index (κ3) is 7.87. The zero-order valence-electron chi connectivity index (χ0n) is 51.4. The van der Waals surface area contributed by atoms with Crippen molar-refractivity contribution in [3.63, 3.8) is 0 Å². The summed E-state index contributed by atoms with van der Waals surface area (Å²) in [5.74, 6) is 0. The van der Waals surface area contributed by atoms with Crippen LogP contribution in [0.4, 0.5) is 51.2 Å². The highest BCUT2D eigenvalue weighted by molar-refractivity contribution is 7.00. The van der Waals surface area contributed by atoms with E-state index in [1.54, 1.807) is 0 Å². The Labute approximate surface area is 480 Å². The fourth-order valence-corrected chi connectivity index (χ4v) is 15.7. The van der Waals surface area contributed by atoms with Gasteiger partial charge in [0.05, 0.1) is 0 Å². The van der Waals surface area contributed by atoms with Crippen molar-refractivity contribution in [3.8, 4) is 11.1 Å². The Hall–Kier alpha value is -6.78. The van der Waals surface area contributed by atoms with Gasteiger partial charge in [0, 0.05) is 56.6 Å². The van der Waals surface area contributed by atoms with Crippen molar-refractivity contribution in [2.75, 3.05) is 14.7 Å². The van der Waals surface area contributed by atoms with Gasteiger partial charge in [0.15, 0.2) is 0 Å². The second-order valence-corrected chi connectivity index (χ2v) is 30.2. The summed E-state index contributed by atoms with van der Waals surface area (Å²) in [6.07, 6.45) is 3.45. The molecule has 4 heteroatoms. The van der Waals surface area contributed by atoms with Gasteiger partial charge >= 0.3 is 0 Å². The number of fused-ring (bicyclic) bond motifs is 9. The van der Waals surface area contributed by atoms with Crippen molar-refractivity contribution in [1.29, 1.82) is 0 Å². The summed E-state index contributed by atoms with van der Waals surface area (Å²) < 4.78 is 0. The van der Waals surface area contributed by atoms with E-state index >= 15 is 0 Å². The lowest BCUT2D eigenvalue weighted by Crippen LogP contribution is -2.62. The number of nitrogens with zero attached hydrogens (tertiary/aromatic N) is 3. The second kappa shape index (κ2) is 17.1. The zero-order chi connectivity index (χ0) is 56.8. The zero-order valence-corrected chi connectivity index (χ0v) is 51.4. The molecule has 0 fully saturated rings. The molecule has 0 spiro atoms. The Bertz CT molecular complexity index is 3830. The van der Waals surface area contributed by atoms with E-state index in [9.17, 15) is 0 Å². The first-order chi connectivity index (χ1) is 37.5. The van der Waals surface area contributed by atoms with Crippen LogP contribution in [0.3, 0.4) is 0 Å². The van der Waals surface area contributed by atoms with E-state index in [1.807, 2.05) is 0 Å². The molecule has 2 heterocycles. The number of hydrogen-bond acceptors (Lipinski definition) is 3. The van der Waals surface area contributed by atoms with Crippen molar-refractivity contribution in [3.05, 3.63) is 201 Å². The lowest BCUT2D eigenvalue weighted by molar-refractivity contribution is 0.332. The molecule has 0 bridgehead atoms. The Kier molecular flexibility index (Phi) is 11.3. The van der Waals surface area contributed by atoms with Gasteiger partial charge in [-0.3, -0.25) is 0 Å². The molecule has 0 atom stereocenters. The van der Waals surface area contributed by atoms with Crippen LogP contribution < -0.4 is 31.1 Å². The maximum absolute atomic E-state index is 2.73. The van der Waals surface area contributed by atoms with Gasteiger partial charge in [0.25, 0.3) is 6.71 Å². The molecule has 0 saturated heterocycles. The van der Waals surface area contributed by atoms with Crippen LogP contribution in [0.15, 0.2) is 146 Å². The van der Waals surface area contributed by atoms with Crippen molar-refractivity contribution < 1.29 is 0 Å². The molecular formula is C76H84BN3. The average molecular weight is 1050 g/mol. The fourth-order valence-electron chi connectivity index (χ4n) is 15.7. The van der Waals surface area contributed by atoms with E-state index in [-0.39, 0.29) is 44.6 Å². The van der Waals surface area contributed by atoms with Crippen LogP contribution in [0.2, 0.25) is 0 Å². The molecule has 3 nitrogen and oxygen atoms in total. The third-order valence-corrected chi connectivity index (χ3v) is 20.2. The van der Waals surface area contributed by atoms with E-state index in [0.717, 1.165) is 36.3 Å². The Morgan fingerprint density at radius 1 is 0.412 bits per heavy atom. The Morgan fingerprint density at radius 3 is 1.51 bits per heavy atom. The van der Waals surface area contributed by atoms with Gasteiger partial charge in [0.2, 0.25) is 0 Å². The summed E-state index contributed by atoms with van der Waals surface area (Å²) in [5, 5.41) is 0. The molecule has 0 N–H and O–H groups in total. The summed E-state index contributed by atoms with van der Waals surface area (Å²) in [7, 11) is 0. The first kappa shape index (κ1) is 52.6. The molecule has 8 aromatic rings. The van der Waals surface area contributed by atoms with Crippen molar-refractivity contribution >= 4 is 74.3 Å². The number of benzene rings is 8. The summed E-state index contributed by atoms with van der Waals surface area (Å²) >= 11 is 0. The molecule has 0 saturated carbocycles. The lowest BCUT2D eigenvalue weighted by Gasteiger charge is -2.48. The molecule has 3 aliphatic carbocycles. The smallest absolute Gasteiger partial charge is 0.252 e. The Morgan fingerprint density at radius 2 is 0.912 bits per heavy atom. The minimum Gasteiger partial charge on any atom is -0.311 e. The maximum atomic E-state index is 2.73. The van der Waals surface area contributed by atoms with Crippen LogP contribution in [0, 0.1) is 13.8 Å². The van der Waals surface area contributed by atoms with Gasteiger partial charge < -0.3 is 14.7 Å². The lowest BCUT2D eigenvalue weighted by atomic mass is 9.33. The fraction of sp³-hybridized carbons (Fsp3) is 0.368. The highest BCUT2D eigenvalue weighted by Crippen LogP contribution is 2.56. The number of anilines is 9. The van der Waals surface area contributed by atoms with Crippen LogP contribution in [-0.2, 0) is 37.9 Å². The van der Waals surface area contributed by atoms with E-state index < -0.39 is 0 Å². The molecule has 0 radical (unpaired) electrons. The largest absolute Gasteiger partial charge is 0.311 e. The van der Waals surface area contributed by atoms with Gasteiger partial charge in [-0.2, -0.15) is 0 Å². The second-order valence-electron chi connectivity index (χ2n) is 30.2. The molecule has 5 aliphatic rings. The van der Waals surface area contributed by atoms with Crippen molar-refractivity contribution in [1.82, 2.24) is 0 Å².